The van der Waals surface area contributed by atoms with E-state index in [2.05, 4.69) is 18.9 Å². The van der Waals surface area contributed by atoms with Gasteiger partial charge in [0.2, 0.25) is 0 Å². The molecule has 2 heteroatoms. The molecular formula is C14H28N2. The SMILES string of the molecule is CCC1CCCC(N(C)C(CN)C2CC2)C1. The number of likely N-dealkylation sites (N-methyl/N-ethyl adjacent to an activating group) is 1. The van der Waals surface area contributed by atoms with Crippen molar-refractivity contribution in [3.63, 3.8) is 0 Å². The lowest BCUT2D eigenvalue weighted by atomic mass is 9.83. The second kappa shape index (κ2) is 5.50. The van der Waals surface area contributed by atoms with Crippen LogP contribution >= 0.6 is 0 Å². The first-order chi connectivity index (χ1) is 7.76. The first-order valence-corrected chi connectivity index (χ1v) is 7.18. The molecule has 0 saturated heterocycles. The maximum atomic E-state index is 5.95. The third kappa shape index (κ3) is 2.78. The lowest BCUT2D eigenvalue weighted by Crippen LogP contribution is -2.47. The van der Waals surface area contributed by atoms with E-state index in [1.807, 2.05) is 0 Å². The maximum Gasteiger partial charge on any atom is 0.0246 e. The Hall–Kier alpha value is -0.0800. The highest BCUT2D eigenvalue weighted by Gasteiger charge is 2.36. The number of nitrogens with two attached hydrogens (primary N) is 1. The van der Waals surface area contributed by atoms with Gasteiger partial charge in [0.25, 0.3) is 0 Å². The summed E-state index contributed by atoms with van der Waals surface area (Å²) in [5.41, 5.74) is 5.95. The van der Waals surface area contributed by atoms with Crippen LogP contribution < -0.4 is 5.73 Å². The summed E-state index contributed by atoms with van der Waals surface area (Å²) >= 11 is 0. The van der Waals surface area contributed by atoms with Gasteiger partial charge in [0.05, 0.1) is 0 Å². The highest BCUT2D eigenvalue weighted by molar-refractivity contribution is 4.91. The van der Waals surface area contributed by atoms with Crippen LogP contribution in [0.3, 0.4) is 0 Å². The van der Waals surface area contributed by atoms with Gasteiger partial charge < -0.3 is 5.73 Å². The number of hydrogen-bond donors (Lipinski definition) is 1. The zero-order chi connectivity index (χ0) is 11.5. The summed E-state index contributed by atoms with van der Waals surface area (Å²) < 4.78 is 0. The second-order valence-corrected chi connectivity index (χ2v) is 5.90. The molecule has 0 spiro atoms. The molecule has 3 unspecified atom stereocenters. The van der Waals surface area contributed by atoms with Crippen molar-refractivity contribution in [2.45, 2.75) is 64.0 Å². The van der Waals surface area contributed by atoms with Crippen LogP contribution in [0.15, 0.2) is 0 Å². The largest absolute Gasteiger partial charge is 0.329 e. The molecule has 2 aliphatic rings. The van der Waals surface area contributed by atoms with Crippen molar-refractivity contribution in [2.24, 2.45) is 17.6 Å². The number of rotatable bonds is 5. The molecule has 16 heavy (non-hydrogen) atoms. The molecule has 2 rings (SSSR count). The molecule has 2 saturated carbocycles. The van der Waals surface area contributed by atoms with Crippen molar-refractivity contribution in [1.29, 1.82) is 0 Å². The average molecular weight is 224 g/mol. The Morgan fingerprint density at radius 2 is 2.00 bits per heavy atom. The fourth-order valence-electron chi connectivity index (χ4n) is 3.45. The van der Waals surface area contributed by atoms with Crippen LogP contribution in [-0.2, 0) is 0 Å². The fourth-order valence-corrected chi connectivity index (χ4v) is 3.45. The average Bonchev–Trinajstić information content (AvgIpc) is 3.14. The molecule has 0 aliphatic heterocycles. The van der Waals surface area contributed by atoms with Crippen molar-refractivity contribution in [2.75, 3.05) is 13.6 Å². The molecule has 3 atom stereocenters. The predicted molar refractivity (Wildman–Crippen MR) is 69.4 cm³/mol. The zero-order valence-corrected chi connectivity index (χ0v) is 11.0. The summed E-state index contributed by atoms with van der Waals surface area (Å²) in [6, 6.07) is 1.48. The Labute approximate surface area is 101 Å². The molecule has 0 bridgehead atoms. The molecule has 0 heterocycles. The quantitative estimate of drug-likeness (QED) is 0.778. The Balaban J connectivity index is 1.89. The molecule has 94 valence electrons. The fraction of sp³-hybridized carbons (Fsp3) is 1.00. The van der Waals surface area contributed by atoms with E-state index in [4.69, 9.17) is 5.73 Å². The Kier molecular flexibility index (Phi) is 4.26. The molecule has 0 aromatic heterocycles. The third-order valence-corrected chi connectivity index (χ3v) is 4.84. The topological polar surface area (TPSA) is 29.3 Å². The molecule has 2 fully saturated rings. The first kappa shape index (κ1) is 12.4. The van der Waals surface area contributed by atoms with Crippen LogP contribution in [0.2, 0.25) is 0 Å². The minimum absolute atomic E-state index is 0.667. The van der Waals surface area contributed by atoms with Gasteiger partial charge in [-0.05, 0) is 44.6 Å². The maximum absolute atomic E-state index is 5.95. The van der Waals surface area contributed by atoms with Gasteiger partial charge in [0.15, 0.2) is 0 Å². The third-order valence-electron chi connectivity index (χ3n) is 4.84. The summed E-state index contributed by atoms with van der Waals surface area (Å²) in [5.74, 6) is 1.89. The first-order valence-electron chi connectivity index (χ1n) is 7.18. The minimum Gasteiger partial charge on any atom is -0.329 e. The molecule has 0 aromatic rings. The molecule has 2 aliphatic carbocycles. The van der Waals surface area contributed by atoms with Crippen molar-refractivity contribution in [1.82, 2.24) is 4.90 Å². The zero-order valence-electron chi connectivity index (χ0n) is 11.0. The van der Waals surface area contributed by atoms with E-state index in [0.717, 1.165) is 24.4 Å². The molecule has 0 radical (unpaired) electrons. The van der Waals surface area contributed by atoms with Gasteiger partial charge in [-0.1, -0.05) is 26.2 Å². The van der Waals surface area contributed by atoms with Crippen LogP contribution in [0.4, 0.5) is 0 Å². The molecule has 2 nitrogen and oxygen atoms in total. The lowest BCUT2D eigenvalue weighted by molar-refractivity contribution is 0.105. The van der Waals surface area contributed by atoms with Crippen LogP contribution in [0.25, 0.3) is 0 Å². The van der Waals surface area contributed by atoms with Gasteiger partial charge in [-0.3, -0.25) is 4.90 Å². The minimum atomic E-state index is 0.667. The summed E-state index contributed by atoms with van der Waals surface area (Å²) in [5, 5.41) is 0. The van der Waals surface area contributed by atoms with Gasteiger partial charge in [-0.2, -0.15) is 0 Å². The lowest BCUT2D eigenvalue weighted by Gasteiger charge is -2.39. The molecule has 0 amide bonds. The van der Waals surface area contributed by atoms with Crippen LogP contribution in [0.1, 0.15) is 51.9 Å². The van der Waals surface area contributed by atoms with E-state index in [1.165, 1.54) is 44.9 Å². The molecule has 0 aromatic carbocycles. The normalized spacial score (nSPS) is 33.0. The standard InChI is InChI=1S/C14H28N2/c1-3-11-5-4-6-13(9-11)16(2)14(10-15)12-7-8-12/h11-14H,3-10,15H2,1-2H3. The van der Waals surface area contributed by atoms with Gasteiger partial charge >= 0.3 is 0 Å². The summed E-state index contributed by atoms with van der Waals surface area (Å²) in [4.78, 5) is 2.62. The van der Waals surface area contributed by atoms with Crippen molar-refractivity contribution < 1.29 is 0 Å². The van der Waals surface area contributed by atoms with Gasteiger partial charge in [-0.15, -0.1) is 0 Å². The Morgan fingerprint density at radius 1 is 1.25 bits per heavy atom. The van der Waals surface area contributed by atoms with Crippen LogP contribution in [0.5, 0.6) is 0 Å². The van der Waals surface area contributed by atoms with E-state index in [0.29, 0.717) is 6.04 Å². The van der Waals surface area contributed by atoms with E-state index in [9.17, 15) is 0 Å². The van der Waals surface area contributed by atoms with E-state index in [-0.39, 0.29) is 0 Å². The van der Waals surface area contributed by atoms with E-state index < -0.39 is 0 Å². The summed E-state index contributed by atoms with van der Waals surface area (Å²) in [7, 11) is 2.32. The van der Waals surface area contributed by atoms with Crippen LogP contribution in [0, 0.1) is 11.8 Å². The number of hydrogen-bond acceptors (Lipinski definition) is 2. The summed E-state index contributed by atoms with van der Waals surface area (Å²) in [6.45, 7) is 3.20. The highest BCUT2D eigenvalue weighted by atomic mass is 15.2. The van der Waals surface area contributed by atoms with Crippen molar-refractivity contribution >= 4 is 0 Å². The Morgan fingerprint density at radius 3 is 2.56 bits per heavy atom. The smallest absolute Gasteiger partial charge is 0.0246 e. The van der Waals surface area contributed by atoms with E-state index in [1.54, 1.807) is 0 Å². The number of nitrogens with zero attached hydrogens (tertiary/aromatic N) is 1. The molecular weight excluding hydrogens is 196 g/mol. The van der Waals surface area contributed by atoms with Gasteiger partial charge in [0, 0.05) is 18.6 Å². The Bertz CT molecular complexity index is 213. The highest BCUT2D eigenvalue weighted by Crippen LogP contribution is 2.37. The monoisotopic (exact) mass is 224 g/mol. The van der Waals surface area contributed by atoms with Crippen molar-refractivity contribution in [3.05, 3.63) is 0 Å². The molecule has 2 N–H and O–H groups in total. The predicted octanol–water partition coefficient (Wildman–Crippen LogP) is 2.62. The second-order valence-electron chi connectivity index (χ2n) is 5.90. The van der Waals surface area contributed by atoms with Gasteiger partial charge in [-0.25, -0.2) is 0 Å². The van der Waals surface area contributed by atoms with Crippen molar-refractivity contribution in [3.8, 4) is 0 Å². The van der Waals surface area contributed by atoms with E-state index >= 15 is 0 Å². The van der Waals surface area contributed by atoms with Gasteiger partial charge in [0.1, 0.15) is 0 Å². The van der Waals surface area contributed by atoms with Crippen LogP contribution in [-0.4, -0.2) is 30.6 Å². The summed E-state index contributed by atoms with van der Waals surface area (Å²) in [6.07, 6.45) is 9.88.